The van der Waals surface area contributed by atoms with Gasteiger partial charge in [0.1, 0.15) is 12.7 Å². The fourth-order valence-electron chi connectivity index (χ4n) is 3.53. The van der Waals surface area contributed by atoms with Gasteiger partial charge in [0.25, 0.3) is 0 Å². The van der Waals surface area contributed by atoms with Crippen LogP contribution in [0, 0.1) is 0 Å². The van der Waals surface area contributed by atoms with Gasteiger partial charge >= 0.3 is 5.95 Å². The Balaban J connectivity index is 1.76. The summed E-state index contributed by atoms with van der Waals surface area (Å²) >= 11 is 6.02. The lowest BCUT2D eigenvalue weighted by Gasteiger charge is -2.28. The van der Waals surface area contributed by atoms with Crippen LogP contribution in [0.15, 0.2) is 42.7 Å². The summed E-state index contributed by atoms with van der Waals surface area (Å²) in [6.07, 6.45) is 11.1. The van der Waals surface area contributed by atoms with E-state index in [1.54, 1.807) is 6.20 Å². The van der Waals surface area contributed by atoms with E-state index in [1.807, 2.05) is 46.0 Å². The molecule has 0 fully saturated rings. The summed E-state index contributed by atoms with van der Waals surface area (Å²) in [7, 11) is 0. The van der Waals surface area contributed by atoms with E-state index < -0.39 is 5.72 Å². The highest BCUT2D eigenvalue weighted by Crippen LogP contribution is 2.34. The molecular weight excluding hydrogens is 334 g/mol. The minimum atomic E-state index is -1.07. The van der Waals surface area contributed by atoms with Gasteiger partial charge in [-0.3, -0.25) is 0 Å². The van der Waals surface area contributed by atoms with Gasteiger partial charge in [0.15, 0.2) is 0 Å². The van der Waals surface area contributed by atoms with Crippen LogP contribution in [0.5, 0.6) is 0 Å². The van der Waals surface area contributed by atoms with Crippen molar-refractivity contribution >= 4 is 17.5 Å². The largest absolute Gasteiger partial charge is 0.396 e. The van der Waals surface area contributed by atoms with E-state index >= 15 is 0 Å². The Morgan fingerprint density at radius 2 is 1.88 bits per heavy atom. The van der Waals surface area contributed by atoms with Crippen molar-refractivity contribution in [2.24, 2.45) is 0 Å². The lowest BCUT2D eigenvalue weighted by atomic mass is 10.0. The van der Waals surface area contributed by atoms with Crippen LogP contribution in [-0.2, 0) is 12.3 Å². The molecule has 134 valence electrons. The minimum Gasteiger partial charge on any atom is -0.353 e. The number of hydrogen-bond acceptors (Lipinski definition) is 3. The van der Waals surface area contributed by atoms with E-state index in [0.29, 0.717) is 11.6 Å². The first-order valence-electron chi connectivity index (χ1n) is 9.25. The predicted molar refractivity (Wildman–Crippen MR) is 101 cm³/mol. The summed E-state index contributed by atoms with van der Waals surface area (Å²) < 4.78 is 2.02. The second-order valence-electron chi connectivity index (χ2n) is 6.79. The van der Waals surface area contributed by atoms with E-state index in [9.17, 15) is 5.11 Å². The van der Waals surface area contributed by atoms with Crippen molar-refractivity contribution in [2.45, 2.75) is 57.7 Å². The minimum absolute atomic E-state index is 0.480. The summed E-state index contributed by atoms with van der Waals surface area (Å²) in [6, 6.07) is 9.38. The summed E-state index contributed by atoms with van der Waals surface area (Å²) in [5.74, 6) is 0.827. The first-order valence-corrected chi connectivity index (χ1v) is 9.63. The average Bonchev–Trinajstić information content (AvgIpc) is 2.91. The van der Waals surface area contributed by atoms with E-state index in [2.05, 4.69) is 11.9 Å². The van der Waals surface area contributed by atoms with E-state index in [1.165, 1.54) is 32.1 Å². The van der Waals surface area contributed by atoms with Crippen LogP contribution in [0.4, 0.5) is 5.95 Å². The molecule has 0 saturated carbocycles. The molecular formula is C20H27ClN3O+. The maximum absolute atomic E-state index is 11.5. The molecule has 0 spiro atoms. The molecule has 1 N–H and O–H groups in total. The number of nitrogens with zero attached hydrogens (tertiary/aromatic N) is 3. The van der Waals surface area contributed by atoms with Crippen LogP contribution in [0.2, 0.25) is 5.02 Å². The van der Waals surface area contributed by atoms with Crippen LogP contribution < -0.4 is 9.47 Å². The highest BCUT2D eigenvalue weighted by molar-refractivity contribution is 6.30. The molecule has 0 saturated heterocycles. The van der Waals surface area contributed by atoms with Crippen molar-refractivity contribution in [3.05, 3.63) is 53.3 Å². The molecule has 1 aliphatic rings. The van der Waals surface area contributed by atoms with Gasteiger partial charge in [-0.25, -0.2) is 9.47 Å². The Labute approximate surface area is 155 Å². The number of aliphatic hydroxyl groups is 1. The number of unbranched alkanes of at least 4 members (excludes halogenated alkanes) is 5. The van der Waals surface area contributed by atoms with E-state index in [4.69, 9.17) is 11.6 Å². The Hall–Kier alpha value is -1.65. The Bertz CT molecular complexity index is 692. The van der Waals surface area contributed by atoms with Crippen molar-refractivity contribution in [2.75, 3.05) is 11.4 Å². The highest BCUT2D eigenvalue weighted by Gasteiger charge is 2.51. The number of rotatable bonds is 8. The average molecular weight is 361 g/mol. The SMILES string of the molecule is CCCCCCCCN1c2nccc[n+]2CC1(O)c1ccc(Cl)cc1. The number of fused-ring (bicyclic) bond motifs is 1. The fraction of sp³-hybridized carbons (Fsp3) is 0.500. The highest BCUT2D eigenvalue weighted by atomic mass is 35.5. The molecule has 1 aliphatic heterocycles. The van der Waals surface area contributed by atoms with Gasteiger partial charge in [-0.05, 0) is 18.6 Å². The quantitative estimate of drug-likeness (QED) is 0.570. The van der Waals surface area contributed by atoms with Crippen LogP contribution in [0.25, 0.3) is 0 Å². The number of halogens is 1. The Morgan fingerprint density at radius 1 is 1.16 bits per heavy atom. The molecule has 5 heteroatoms. The number of aromatic nitrogens is 2. The van der Waals surface area contributed by atoms with Gasteiger partial charge in [0, 0.05) is 16.7 Å². The molecule has 0 bridgehead atoms. The fourth-order valence-corrected chi connectivity index (χ4v) is 3.65. The summed E-state index contributed by atoms with van der Waals surface area (Å²) in [5.41, 5.74) is -0.219. The van der Waals surface area contributed by atoms with Gasteiger partial charge in [-0.2, -0.15) is 0 Å². The van der Waals surface area contributed by atoms with Crippen LogP contribution in [0.1, 0.15) is 51.0 Å². The molecule has 2 heterocycles. The molecule has 1 atom stereocenters. The molecule has 0 radical (unpaired) electrons. The zero-order valence-electron chi connectivity index (χ0n) is 14.9. The summed E-state index contributed by atoms with van der Waals surface area (Å²) in [5, 5.41) is 12.2. The Kier molecular flexibility index (Phi) is 5.92. The monoisotopic (exact) mass is 360 g/mol. The smallest absolute Gasteiger partial charge is 0.353 e. The predicted octanol–water partition coefficient (Wildman–Crippen LogP) is 4.05. The van der Waals surface area contributed by atoms with Gasteiger partial charge in [-0.15, -0.1) is 0 Å². The lowest BCUT2D eigenvalue weighted by Crippen LogP contribution is -2.46. The third kappa shape index (κ3) is 3.96. The van der Waals surface area contributed by atoms with E-state index in [-0.39, 0.29) is 0 Å². The maximum atomic E-state index is 11.5. The van der Waals surface area contributed by atoms with Gasteiger partial charge < -0.3 is 5.11 Å². The third-order valence-corrected chi connectivity index (χ3v) is 5.17. The van der Waals surface area contributed by atoms with Crippen LogP contribution >= 0.6 is 11.6 Å². The number of hydrogen-bond donors (Lipinski definition) is 1. The molecule has 0 aliphatic carbocycles. The first-order chi connectivity index (χ1) is 12.1. The summed E-state index contributed by atoms with van der Waals surface area (Å²) in [6.45, 7) is 3.51. The van der Waals surface area contributed by atoms with E-state index in [0.717, 1.165) is 24.5 Å². The lowest BCUT2D eigenvalue weighted by molar-refractivity contribution is -0.685. The van der Waals surface area contributed by atoms with Gasteiger partial charge in [-0.1, -0.05) is 67.7 Å². The van der Waals surface area contributed by atoms with Crippen molar-refractivity contribution in [3.63, 3.8) is 0 Å². The molecule has 3 rings (SSSR count). The Morgan fingerprint density at radius 3 is 2.64 bits per heavy atom. The van der Waals surface area contributed by atoms with Crippen molar-refractivity contribution in [1.82, 2.24) is 4.98 Å². The third-order valence-electron chi connectivity index (χ3n) is 4.92. The molecule has 2 aromatic rings. The van der Waals surface area contributed by atoms with Crippen LogP contribution in [0.3, 0.4) is 0 Å². The van der Waals surface area contributed by atoms with Gasteiger partial charge in [0.2, 0.25) is 5.72 Å². The second-order valence-corrected chi connectivity index (χ2v) is 7.23. The molecule has 0 amide bonds. The molecule has 1 aromatic carbocycles. The molecule has 1 unspecified atom stereocenters. The zero-order valence-corrected chi connectivity index (χ0v) is 15.6. The normalized spacial score (nSPS) is 19.2. The van der Waals surface area contributed by atoms with Gasteiger partial charge in [0.05, 0.1) is 12.7 Å². The van der Waals surface area contributed by atoms with Crippen molar-refractivity contribution < 1.29 is 9.67 Å². The zero-order chi connectivity index (χ0) is 17.7. The summed E-state index contributed by atoms with van der Waals surface area (Å²) in [4.78, 5) is 6.55. The maximum Gasteiger partial charge on any atom is 0.396 e. The van der Waals surface area contributed by atoms with Crippen molar-refractivity contribution in [1.29, 1.82) is 0 Å². The van der Waals surface area contributed by atoms with Crippen molar-refractivity contribution in [3.8, 4) is 0 Å². The standard InChI is InChI=1S/C20H27ClN3O/c1-2-3-4-5-6-7-15-24-19-22-13-8-14-23(19)16-20(24,25)17-9-11-18(21)12-10-17/h8-14,25H,2-7,15-16H2,1H3/q+1. The number of anilines is 1. The van der Waals surface area contributed by atoms with Crippen LogP contribution in [-0.4, -0.2) is 16.6 Å². The molecule has 4 nitrogen and oxygen atoms in total. The number of benzene rings is 1. The first kappa shape index (κ1) is 18.2. The molecule has 25 heavy (non-hydrogen) atoms. The second kappa shape index (κ2) is 8.15. The molecule has 1 aromatic heterocycles. The topological polar surface area (TPSA) is 40.2 Å².